The second kappa shape index (κ2) is 17.4. The molecule has 0 spiro atoms. The molecule has 2 aliphatic rings. The second-order valence-corrected chi connectivity index (χ2v) is 13.3. The summed E-state index contributed by atoms with van der Waals surface area (Å²) in [5, 5.41) is 10.9. The van der Waals surface area contributed by atoms with E-state index in [1.54, 1.807) is 0 Å². The number of hydrogen-bond donors (Lipinski definition) is 1. The van der Waals surface area contributed by atoms with Crippen LogP contribution in [0.4, 0.5) is 0 Å². The number of rotatable bonds is 15. The molecule has 0 bridgehead atoms. The van der Waals surface area contributed by atoms with Crippen molar-refractivity contribution in [3.8, 4) is 5.75 Å². The first-order valence-electron chi connectivity index (χ1n) is 17.5. The van der Waals surface area contributed by atoms with Gasteiger partial charge >= 0.3 is 0 Å². The van der Waals surface area contributed by atoms with Crippen molar-refractivity contribution in [1.82, 2.24) is 0 Å². The number of ether oxygens (including phenoxy) is 6. The number of hydrogen-bond acceptors (Lipinski definition) is 7. The Labute approximate surface area is 304 Å². The first kappa shape index (κ1) is 35.4. The molecular weight excluding hydrogens is 664 g/mol. The maximum absolute atomic E-state index is 10.4. The van der Waals surface area contributed by atoms with Crippen LogP contribution < -0.4 is 4.74 Å². The highest BCUT2D eigenvalue weighted by molar-refractivity contribution is 6.32. The molecule has 5 atom stereocenters. The van der Waals surface area contributed by atoms with Gasteiger partial charge in [0.15, 0.2) is 0 Å². The molecule has 2 aliphatic heterocycles. The Morgan fingerprint density at radius 3 is 1.65 bits per heavy atom. The van der Waals surface area contributed by atoms with Gasteiger partial charge in [0.1, 0.15) is 36.3 Å². The Hall–Kier alpha value is -4.05. The van der Waals surface area contributed by atoms with Gasteiger partial charge in [-0.15, -0.1) is 0 Å². The van der Waals surface area contributed by atoms with E-state index >= 15 is 0 Å². The van der Waals surface area contributed by atoms with Crippen molar-refractivity contribution in [2.24, 2.45) is 0 Å². The molecule has 7 rings (SSSR count). The van der Waals surface area contributed by atoms with Gasteiger partial charge < -0.3 is 33.5 Å². The summed E-state index contributed by atoms with van der Waals surface area (Å²) in [4.78, 5) is 0. The van der Waals surface area contributed by atoms with Crippen molar-refractivity contribution in [2.75, 3.05) is 13.2 Å². The molecular formula is C43H43ClO7. The lowest BCUT2D eigenvalue weighted by Gasteiger charge is -2.46. The molecule has 1 fully saturated rings. The van der Waals surface area contributed by atoms with Crippen molar-refractivity contribution in [3.63, 3.8) is 0 Å². The average Bonchev–Trinajstić information content (AvgIpc) is 3.69. The van der Waals surface area contributed by atoms with Crippen LogP contribution >= 0.6 is 11.6 Å². The highest BCUT2D eigenvalue weighted by Crippen LogP contribution is 2.46. The van der Waals surface area contributed by atoms with Gasteiger partial charge in [-0.1, -0.05) is 133 Å². The van der Waals surface area contributed by atoms with E-state index in [1.165, 1.54) is 0 Å². The lowest BCUT2D eigenvalue weighted by molar-refractivity contribution is -0.275. The zero-order valence-electron chi connectivity index (χ0n) is 28.4. The van der Waals surface area contributed by atoms with Crippen molar-refractivity contribution in [2.45, 2.75) is 70.0 Å². The van der Waals surface area contributed by atoms with E-state index in [4.69, 9.17) is 40.0 Å². The fraction of sp³-hybridized carbons (Fsp3) is 0.302. The van der Waals surface area contributed by atoms with Crippen molar-refractivity contribution in [3.05, 3.63) is 171 Å². The molecule has 1 unspecified atom stereocenters. The molecule has 0 aromatic heterocycles. The predicted octanol–water partition coefficient (Wildman–Crippen LogP) is 8.18. The van der Waals surface area contributed by atoms with E-state index in [0.29, 0.717) is 55.8 Å². The summed E-state index contributed by atoms with van der Waals surface area (Å²) in [6, 6.07) is 42.2. The maximum Gasteiger partial charge on any atom is 0.130 e. The maximum atomic E-state index is 10.4. The Morgan fingerprint density at radius 2 is 1.12 bits per heavy atom. The normalized spacial score (nSPS) is 21.3. The Bertz CT molecular complexity index is 1810. The quantitative estimate of drug-likeness (QED) is 0.118. The van der Waals surface area contributed by atoms with Crippen LogP contribution in [0.25, 0.3) is 0 Å². The average molecular weight is 707 g/mol. The van der Waals surface area contributed by atoms with E-state index in [0.717, 1.165) is 33.4 Å². The number of benzene rings is 5. The minimum Gasteiger partial charge on any atom is -0.493 e. The van der Waals surface area contributed by atoms with Crippen molar-refractivity contribution < 1.29 is 33.5 Å². The van der Waals surface area contributed by atoms with Gasteiger partial charge in [-0.05, 0) is 33.9 Å². The van der Waals surface area contributed by atoms with Crippen molar-refractivity contribution >= 4 is 11.6 Å². The molecule has 0 amide bonds. The van der Waals surface area contributed by atoms with Crippen molar-refractivity contribution in [1.29, 1.82) is 0 Å². The minimum atomic E-state index is -0.661. The van der Waals surface area contributed by atoms with Gasteiger partial charge in [-0.2, -0.15) is 0 Å². The first-order chi connectivity index (χ1) is 25.2. The summed E-state index contributed by atoms with van der Waals surface area (Å²) in [6.45, 7) is 1.92. The Balaban J connectivity index is 1.29. The molecule has 5 aromatic carbocycles. The van der Waals surface area contributed by atoms with Crippen LogP contribution in [0, 0.1) is 0 Å². The lowest BCUT2D eigenvalue weighted by atomic mass is 9.88. The Morgan fingerprint density at radius 1 is 0.627 bits per heavy atom. The van der Waals surface area contributed by atoms with Crippen LogP contribution in [0.1, 0.15) is 45.0 Å². The molecule has 264 valence electrons. The summed E-state index contributed by atoms with van der Waals surface area (Å²) >= 11 is 6.79. The monoisotopic (exact) mass is 706 g/mol. The van der Waals surface area contributed by atoms with Crippen LogP contribution in [0.5, 0.6) is 5.75 Å². The molecule has 1 N–H and O–H groups in total. The zero-order valence-corrected chi connectivity index (χ0v) is 29.2. The summed E-state index contributed by atoms with van der Waals surface area (Å²) < 4.78 is 40.3. The molecule has 8 heteroatoms. The predicted molar refractivity (Wildman–Crippen MR) is 195 cm³/mol. The third kappa shape index (κ3) is 8.71. The van der Waals surface area contributed by atoms with Crippen LogP contribution in [-0.2, 0) is 63.1 Å². The van der Waals surface area contributed by atoms with Crippen LogP contribution in [-0.4, -0.2) is 42.7 Å². The van der Waals surface area contributed by atoms with Gasteiger partial charge in [0.05, 0.1) is 51.3 Å². The van der Waals surface area contributed by atoms with Gasteiger partial charge in [0, 0.05) is 17.5 Å². The van der Waals surface area contributed by atoms with E-state index in [2.05, 4.69) is 0 Å². The Kier molecular flexibility index (Phi) is 12.1. The number of aliphatic hydroxyl groups is 1. The molecule has 1 saturated heterocycles. The summed E-state index contributed by atoms with van der Waals surface area (Å²) in [7, 11) is 0. The molecule has 0 radical (unpaired) electrons. The number of aliphatic hydroxyl groups excluding tert-OH is 1. The molecule has 2 heterocycles. The highest BCUT2D eigenvalue weighted by Gasteiger charge is 2.50. The third-order valence-corrected chi connectivity index (χ3v) is 9.84. The fourth-order valence-corrected chi connectivity index (χ4v) is 7.09. The minimum absolute atomic E-state index is 0.221. The molecule has 7 nitrogen and oxygen atoms in total. The van der Waals surface area contributed by atoms with Gasteiger partial charge in [-0.25, -0.2) is 0 Å². The number of fused-ring (bicyclic) bond motifs is 1. The first-order valence-corrected chi connectivity index (χ1v) is 17.9. The van der Waals surface area contributed by atoms with Gasteiger partial charge in [0.25, 0.3) is 0 Å². The summed E-state index contributed by atoms with van der Waals surface area (Å²) in [5.74, 6) is 0.671. The fourth-order valence-electron chi connectivity index (χ4n) is 6.80. The van der Waals surface area contributed by atoms with E-state index in [-0.39, 0.29) is 13.2 Å². The largest absolute Gasteiger partial charge is 0.493 e. The molecule has 0 aliphatic carbocycles. The molecule has 5 aromatic rings. The van der Waals surface area contributed by atoms with E-state index < -0.39 is 30.5 Å². The van der Waals surface area contributed by atoms with Crippen LogP contribution in [0.2, 0.25) is 5.02 Å². The summed E-state index contributed by atoms with van der Waals surface area (Å²) in [5.41, 5.74) is 6.37. The van der Waals surface area contributed by atoms with E-state index in [9.17, 15) is 5.11 Å². The third-order valence-electron chi connectivity index (χ3n) is 9.37. The van der Waals surface area contributed by atoms with Gasteiger partial charge in [-0.3, -0.25) is 0 Å². The van der Waals surface area contributed by atoms with E-state index in [1.807, 2.05) is 127 Å². The SMILES string of the molecule is OCc1cc(C2O[C@H](COCc3ccccc3)[C@@H](OCc3ccccc3)[C@H](OCc3ccccc3)[C@H]2OCc2ccccc2)c2c(c1Cl)CCO2. The number of halogens is 1. The molecule has 51 heavy (non-hydrogen) atoms. The lowest BCUT2D eigenvalue weighted by Crippen LogP contribution is -2.58. The standard InChI is InChI=1S/C43H43ClO7/c44-38-34(24-45)23-36(39-35(38)21-22-47-39)40-42(49-27-32-17-9-3-10-18-32)43(50-28-33-19-11-4-12-20-33)41(48-26-31-15-7-2-8-16-31)37(51-40)29-46-25-30-13-5-1-6-14-30/h1-20,23,37,40-43,45H,21-22,24-29H2/t37-,40?,41-,42+,43+/m1/s1. The van der Waals surface area contributed by atoms with Crippen LogP contribution in [0.15, 0.2) is 127 Å². The van der Waals surface area contributed by atoms with Crippen LogP contribution in [0.3, 0.4) is 0 Å². The smallest absolute Gasteiger partial charge is 0.130 e. The highest BCUT2D eigenvalue weighted by atomic mass is 35.5. The van der Waals surface area contributed by atoms with Gasteiger partial charge in [0.2, 0.25) is 0 Å². The zero-order chi connectivity index (χ0) is 34.8. The summed E-state index contributed by atoms with van der Waals surface area (Å²) in [6.07, 6.45) is -2.37. The topological polar surface area (TPSA) is 75.6 Å². The molecule has 0 saturated carbocycles. The second-order valence-electron chi connectivity index (χ2n) is 12.9.